The lowest BCUT2D eigenvalue weighted by atomic mass is 10.1. The fraction of sp³-hybridized carbons (Fsp3) is 0.286. The Morgan fingerprint density at radius 3 is 2.64 bits per heavy atom. The van der Waals surface area contributed by atoms with Gasteiger partial charge in [-0.2, -0.15) is 5.26 Å². The number of ether oxygens (including phenoxy) is 1. The number of benzene rings is 2. The number of hydrogen-bond acceptors (Lipinski definition) is 5. The van der Waals surface area contributed by atoms with Crippen molar-refractivity contribution in [1.82, 2.24) is 4.98 Å². The van der Waals surface area contributed by atoms with Crippen molar-refractivity contribution < 1.29 is 14.4 Å². The van der Waals surface area contributed by atoms with Gasteiger partial charge in [-0.3, -0.25) is 9.69 Å². The van der Waals surface area contributed by atoms with E-state index in [2.05, 4.69) is 20.2 Å². The van der Waals surface area contributed by atoms with E-state index in [1.807, 2.05) is 25.1 Å². The van der Waals surface area contributed by atoms with Gasteiger partial charge in [-0.15, -0.1) is 0 Å². The molecule has 0 saturated heterocycles. The summed E-state index contributed by atoms with van der Waals surface area (Å²) in [5, 5.41) is 9.63. The molecule has 1 N–H and O–H groups in total. The average molecular weight is 396 g/mol. The van der Waals surface area contributed by atoms with Crippen LogP contribution in [0.5, 0.6) is 5.75 Å². The van der Waals surface area contributed by atoms with E-state index in [1.165, 1.54) is 16.2 Å². The van der Waals surface area contributed by atoms with E-state index in [0.717, 1.165) is 22.5 Å². The molecule has 0 fully saturated rings. The molecule has 144 valence electrons. The van der Waals surface area contributed by atoms with Gasteiger partial charge in [-0.1, -0.05) is 17.4 Å². The third-order valence-corrected chi connectivity index (χ3v) is 5.29. The van der Waals surface area contributed by atoms with Crippen molar-refractivity contribution >= 4 is 32.6 Å². The van der Waals surface area contributed by atoms with Crippen LogP contribution in [-0.2, 0) is 0 Å². The van der Waals surface area contributed by atoms with Gasteiger partial charge in [0.25, 0.3) is 5.91 Å². The highest BCUT2D eigenvalue weighted by atomic mass is 32.1. The largest absolute Gasteiger partial charge is 0.492 e. The number of quaternary nitrogens is 1. The van der Waals surface area contributed by atoms with Crippen LogP contribution >= 0.6 is 11.3 Å². The van der Waals surface area contributed by atoms with E-state index in [-0.39, 0.29) is 5.91 Å². The van der Waals surface area contributed by atoms with Gasteiger partial charge in [0.05, 0.1) is 50.1 Å². The standard InChI is InChI=1S/C21H22N4O2S/c1-4-27-17-6-5-7-18-19(17)23-21(28-18)25(13-12-24(2)3)20(26)16-10-8-15(14-22)9-11-16/h5-11H,4,12-13H2,1-3H3/p+1. The van der Waals surface area contributed by atoms with Gasteiger partial charge in [0.15, 0.2) is 5.13 Å². The fourth-order valence-electron chi connectivity index (χ4n) is 2.76. The van der Waals surface area contributed by atoms with Crippen molar-refractivity contribution in [3.63, 3.8) is 0 Å². The lowest BCUT2D eigenvalue weighted by molar-refractivity contribution is -0.856. The second-order valence-electron chi connectivity index (χ2n) is 6.64. The first-order chi connectivity index (χ1) is 13.5. The maximum Gasteiger partial charge on any atom is 0.260 e. The molecule has 7 heteroatoms. The van der Waals surface area contributed by atoms with E-state index in [9.17, 15) is 4.79 Å². The van der Waals surface area contributed by atoms with Crippen LogP contribution in [0, 0.1) is 11.3 Å². The second kappa shape index (κ2) is 8.83. The van der Waals surface area contributed by atoms with Gasteiger partial charge < -0.3 is 9.64 Å². The van der Waals surface area contributed by atoms with Crippen LogP contribution in [-0.4, -0.2) is 44.7 Å². The minimum Gasteiger partial charge on any atom is -0.492 e. The van der Waals surface area contributed by atoms with Crippen LogP contribution in [0.2, 0.25) is 0 Å². The normalized spacial score (nSPS) is 10.8. The smallest absolute Gasteiger partial charge is 0.260 e. The van der Waals surface area contributed by atoms with Crippen LogP contribution in [0.3, 0.4) is 0 Å². The Morgan fingerprint density at radius 2 is 2.00 bits per heavy atom. The Balaban J connectivity index is 1.99. The number of likely N-dealkylation sites (N-methyl/N-ethyl adjacent to an activating group) is 1. The van der Waals surface area contributed by atoms with Gasteiger partial charge in [0.1, 0.15) is 11.3 Å². The lowest BCUT2D eigenvalue weighted by Crippen LogP contribution is -3.06. The summed E-state index contributed by atoms with van der Waals surface area (Å²) in [6.45, 7) is 3.83. The number of nitrogens with zero attached hydrogens (tertiary/aromatic N) is 3. The molecule has 0 aliphatic heterocycles. The number of aromatic nitrogens is 1. The number of nitrogens with one attached hydrogen (secondary N) is 1. The molecule has 0 atom stereocenters. The Kier molecular flexibility index (Phi) is 6.24. The molecule has 0 spiro atoms. The zero-order valence-corrected chi connectivity index (χ0v) is 17.0. The Bertz CT molecular complexity index is 1010. The van der Waals surface area contributed by atoms with Gasteiger partial charge in [0, 0.05) is 5.56 Å². The predicted molar refractivity (Wildman–Crippen MR) is 111 cm³/mol. The summed E-state index contributed by atoms with van der Waals surface area (Å²) in [5.74, 6) is 0.606. The number of hydrogen-bond donors (Lipinski definition) is 1. The maximum atomic E-state index is 13.2. The summed E-state index contributed by atoms with van der Waals surface area (Å²) in [6.07, 6.45) is 0. The molecule has 2 aromatic carbocycles. The molecule has 0 radical (unpaired) electrons. The third kappa shape index (κ3) is 4.30. The first-order valence-corrected chi connectivity index (χ1v) is 9.98. The van der Waals surface area contributed by atoms with Crippen molar-refractivity contribution in [3.8, 4) is 11.8 Å². The number of thiazole rings is 1. The molecule has 1 heterocycles. The summed E-state index contributed by atoms with van der Waals surface area (Å²) in [6, 6.07) is 14.6. The molecule has 3 rings (SSSR count). The molecule has 0 saturated carbocycles. The number of nitriles is 1. The highest BCUT2D eigenvalue weighted by Crippen LogP contribution is 2.34. The number of para-hydroxylation sites is 1. The van der Waals surface area contributed by atoms with Gasteiger partial charge in [0.2, 0.25) is 0 Å². The Hall–Kier alpha value is -2.95. The molecule has 1 aromatic heterocycles. The van der Waals surface area contributed by atoms with E-state index in [4.69, 9.17) is 15.0 Å². The van der Waals surface area contributed by atoms with Crippen LogP contribution in [0.1, 0.15) is 22.8 Å². The van der Waals surface area contributed by atoms with E-state index >= 15 is 0 Å². The molecule has 1 amide bonds. The van der Waals surface area contributed by atoms with Crippen LogP contribution in [0.25, 0.3) is 10.2 Å². The van der Waals surface area contributed by atoms with E-state index in [0.29, 0.717) is 29.4 Å². The third-order valence-electron chi connectivity index (χ3n) is 4.24. The zero-order valence-electron chi connectivity index (χ0n) is 16.2. The van der Waals surface area contributed by atoms with Gasteiger partial charge >= 0.3 is 0 Å². The second-order valence-corrected chi connectivity index (χ2v) is 7.64. The summed E-state index contributed by atoms with van der Waals surface area (Å²) in [7, 11) is 4.10. The van der Waals surface area contributed by atoms with Gasteiger partial charge in [-0.25, -0.2) is 4.98 Å². The monoisotopic (exact) mass is 395 g/mol. The molecule has 3 aromatic rings. The molecular weight excluding hydrogens is 372 g/mol. The number of fused-ring (bicyclic) bond motifs is 1. The first-order valence-electron chi connectivity index (χ1n) is 9.17. The first kappa shape index (κ1) is 19.8. The number of anilines is 1. The van der Waals surface area contributed by atoms with Crippen molar-refractivity contribution in [2.45, 2.75) is 6.92 Å². The van der Waals surface area contributed by atoms with E-state index < -0.39 is 0 Å². The number of carbonyl (C=O) groups is 1. The maximum absolute atomic E-state index is 13.2. The van der Waals surface area contributed by atoms with Crippen molar-refractivity contribution in [2.75, 3.05) is 38.7 Å². The fourth-order valence-corrected chi connectivity index (χ4v) is 3.77. The minimum absolute atomic E-state index is 0.122. The summed E-state index contributed by atoms with van der Waals surface area (Å²) >= 11 is 1.48. The molecule has 0 unspecified atom stereocenters. The Labute approximate surface area is 168 Å². The molecule has 0 aliphatic carbocycles. The summed E-state index contributed by atoms with van der Waals surface area (Å²) in [4.78, 5) is 20.9. The average Bonchev–Trinajstić information content (AvgIpc) is 3.13. The quantitative estimate of drug-likeness (QED) is 0.667. The highest BCUT2D eigenvalue weighted by Gasteiger charge is 2.23. The van der Waals surface area contributed by atoms with E-state index in [1.54, 1.807) is 29.2 Å². The Morgan fingerprint density at radius 1 is 1.25 bits per heavy atom. The number of rotatable bonds is 7. The highest BCUT2D eigenvalue weighted by molar-refractivity contribution is 7.22. The molecule has 0 bridgehead atoms. The molecular formula is C21H23N4O2S+. The SMILES string of the molecule is CCOc1cccc2sc(N(CC[NH+](C)C)C(=O)c3ccc(C#N)cc3)nc12. The van der Waals surface area contributed by atoms with Crippen LogP contribution < -0.4 is 14.5 Å². The predicted octanol–water partition coefficient (Wildman–Crippen LogP) is 2.36. The summed E-state index contributed by atoms with van der Waals surface area (Å²) in [5.41, 5.74) is 1.85. The van der Waals surface area contributed by atoms with Crippen LogP contribution in [0.15, 0.2) is 42.5 Å². The minimum atomic E-state index is -0.122. The number of carbonyl (C=O) groups excluding carboxylic acids is 1. The van der Waals surface area contributed by atoms with Gasteiger partial charge in [-0.05, 0) is 43.3 Å². The van der Waals surface area contributed by atoms with Crippen molar-refractivity contribution in [3.05, 3.63) is 53.6 Å². The zero-order chi connectivity index (χ0) is 20.1. The topological polar surface area (TPSA) is 70.7 Å². The molecule has 6 nitrogen and oxygen atoms in total. The van der Waals surface area contributed by atoms with Crippen LogP contribution in [0.4, 0.5) is 5.13 Å². The molecule has 28 heavy (non-hydrogen) atoms. The van der Waals surface area contributed by atoms with Crippen molar-refractivity contribution in [1.29, 1.82) is 5.26 Å². The van der Waals surface area contributed by atoms with Crippen molar-refractivity contribution in [2.24, 2.45) is 0 Å². The summed E-state index contributed by atoms with van der Waals surface area (Å²) < 4.78 is 6.67. The number of amides is 1. The molecule has 0 aliphatic rings. The lowest BCUT2D eigenvalue weighted by Gasteiger charge is -2.20.